The van der Waals surface area contributed by atoms with E-state index >= 15 is 0 Å². The summed E-state index contributed by atoms with van der Waals surface area (Å²) in [5.74, 6) is 0.977. The molecule has 18 heavy (non-hydrogen) atoms. The summed E-state index contributed by atoms with van der Waals surface area (Å²) < 4.78 is 1.85. The maximum Gasteiger partial charge on any atom is 0.244 e. The molecule has 0 spiro atoms. The quantitative estimate of drug-likeness (QED) is 0.796. The van der Waals surface area contributed by atoms with Gasteiger partial charge >= 0.3 is 0 Å². The topological polar surface area (TPSA) is 38.1 Å². The lowest BCUT2D eigenvalue weighted by Gasteiger charge is -2.15. The van der Waals surface area contributed by atoms with Gasteiger partial charge < -0.3 is 4.90 Å². The molecule has 1 fully saturated rings. The third kappa shape index (κ3) is 2.28. The summed E-state index contributed by atoms with van der Waals surface area (Å²) in [4.78, 5) is 14.0. The lowest BCUT2D eigenvalue weighted by Crippen LogP contribution is -2.31. The van der Waals surface area contributed by atoms with E-state index in [4.69, 9.17) is 0 Å². The van der Waals surface area contributed by atoms with E-state index in [2.05, 4.69) is 18.2 Å². The highest BCUT2D eigenvalue weighted by atomic mass is 16.2. The van der Waals surface area contributed by atoms with Crippen LogP contribution >= 0.6 is 0 Å². The molecule has 1 saturated heterocycles. The highest BCUT2D eigenvalue weighted by Gasteiger charge is 2.21. The molecule has 1 atom stereocenters. The number of rotatable bonds is 2. The van der Waals surface area contributed by atoms with E-state index in [-0.39, 0.29) is 5.91 Å². The summed E-state index contributed by atoms with van der Waals surface area (Å²) in [6, 6.07) is 0. The normalized spacial score (nSPS) is 23.2. The van der Waals surface area contributed by atoms with Gasteiger partial charge in [-0.2, -0.15) is 5.10 Å². The SMILES string of the molecule is CC1CCc2nn(CC(=O)N3CCCC3)cc2C1. The zero-order valence-corrected chi connectivity index (χ0v) is 11.1. The second-order valence-electron chi connectivity index (χ2n) is 5.73. The molecule has 0 radical (unpaired) electrons. The zero-order valence-electron chi connectivity index (χ0n) is 11.1. The first kappa shape index (κ1) is 11.8. The summed E-state index contributed by atoms with van der Waals surface area (Å²) in [5, 5.41) is 4.57. The van der Waals surface area contributed by atoms with Crippen LogP contribution in [0.1, 0.15) is 37.4 Å². The number of aryl methyl sites for hydroxylation is 1. The Labute approximate surface area is 108 Å². The number of amides is 1. The molecule has 1 aliphatic carbocycles. The van der Waals surface area contributed by atoms with Crippen LogP contribution in [0.15, 0.2) is 6.20 Å². The van der Waals surface area contributed by atoms with E-state index in [0.717, 1.165) is 44.7 Å². The molecule has 98 valence electrons. The first-order valence-corrected chi connectivity index (χ1v) is 7.05. The fraction of sp³-hybridized carbons (Fsp3) is 0.714. The van der Waals surface area contributed by atoms with Gasteiger partial charge in [0.15, 0.2) is 0 Å². The Kier molecular flexibility index (Phi) is 3.10. The van der Waals surface area contributed by atoms with E-state index in [0.29, 0.717) is 6.54 Å². The summed E-state index contributed by atoms with van der Waals surface area (Å²) in [6.45, 7) is 4.56. The minimum atomic E-state index is 0.223. The fourth-order valence-corrected chi connectivity index (χ4v) is 3.03. The molecular weight excluding hydrogens is 226 g/mol. The van der Waals surface area contributed by atoms with Gasteiger partial charge in [-0.05, 0) is 43.6 Å². The number of likely N-dealkylation sites (tertiary alicyclic amines) is 1. The fourth-order valence-electron chi connectivity index (χ4n) is 3.03. The Balaban J connectivity index is 1.68. The predicted molar refractivity (Wildman–Crippen MR) is 69.2 cm³/mol. The van der Waals surface area contributed by atoms with Crippen molar-refractivity contribution in [2.24, 2.45) is 5.92 Å². The van der Waals surface area contributed by atoms with Gasteiger partial charge in [0, 0.05) is 19.3 Å². The van der Waals surface area contributed by atoms with E-state index < -0.39 is 0 Å². The molecule has 1 unspecified atom stereocenters. The molecular formula is C14H21N3O. The average molecular weight is 247 g/mol. The monoisotopic (exact) mass is 247 g/mol. The first-order valence-electron chi connectivity index (χ1n) is 7.05. The molecule has 1 aliphatic heterocycles. The molecule has 3 rings (SSSR count). The predicted octanol–water partition coefficient (Wildman–Crippen LogP) is 1.63. The van der Waals surface area contributed by atoms with Crippen LogP contribution in [0.25, 0.3) is 0 Å². The molecule has 0 saturated carbocycles. The number of hydrogen-bond donors (Lipinski definition) is 0. The van der Waals surface area contributed by atoms with Crippen LogP contribution in [0.3, 0.4) is 0 Å². The molecule has 1 aromatic heterocycles. The van der Waals surface area contributed by atoms with Gasteiger partial charge in [-0.25, -0.2) is 0 Å². The van der Waals surface area contributed by atoms with Crippen molar-refractivity contribution >= 4 is 5.91 Å². The lowest BCUT2D eigenvalue weighted by atomic mass is 9.89. The van der Waals surface area contributed by atoms with Crippen LogP contribution in [0, 0.1) is 5.92 Å². The molecule has 1 aromatic rings. The van der Waals surface area contributed by atoms with Crippen LogP contribution in [0.5, 0.6) is 0 Å². The number of nitrogens with zero attached hydrogens (tertiary/aromatic N) is 3. The van der Waals surface area contributed by atoms with Crippen LogP contribution < -0.4 is 0 Å². The van der Waals surface area contributed by atoms with E-state index in [9.17, 15) is 4.79 Å². The Morgan fingerprint density at radius 2 is 2.22 bits per heavy atom. The summed E-state index contributed by atoms with van der Waals surface area (Å²) in [7, 11) is 0. The second kappa shape index (κ2) is 4.75. The number of hydrogen-bond acceptors (Lipinski definition) is 2. The minimum Gasteiger partial charge on any atom is -0.341 e. The molecule has 4 heteroatoms. The largest absolute Gasteiger partial charge is 0.341 e. The van der Waals surface area contributed by atoms with Gasteiger partial charge in [-0.15, -0.1) is 0 Å². The first-order chi connectivity index (χ1) is 8.72. The van der Waals surface area contributed by atoms with Crippen molar-refractivity contribution in [1.82, 2.24) is 14.7 Å². The average Bonchev–Trinajstić information content (AvgIpc) is 2.95. The zero-order chi connectivity index (χ0) is 12.5. The number of carbonyl (C=O) groups is 1. The smallest absolute Gasteiger partial charge is 0.244 e. The second-order valence-corrected chi connectivity index (χ2v) is 5.73. The van der Waals surface area contributed by atoms with Crippen molar-refractivity contribution < 1.29 is 4.79 Å². The van der Waals surface area contributed by atoms with Gasteiger partial charge in [-0.3, -0.25) is 9.48 Å². The van der Waals surface area contributed by atoms with Gasteiger partial charge in [-0.1, -0.05) is 6.92 Å². The van der Waals surface area contributed by atoms with Gasteiger partial charge in [0.2, 0.25) is 5.91 Å². The van der Waals surface area contributed by atoms with E-state index in [1.54, 1.807) is 0 Å². The van der Waals surface area contributed by atoms with Crippen molar-refractivity contribution in [1.29, 1.82) is 0 Å². The molecule has 0 aromatic carbocycles. The van der Waals surface area contributed by atoms with Crippen LogP contribution in [-0.4, -0.2) is 33.7 Å². The van der Waals surface area contributed by atoms with Gasteiger partial charge in [0.1, 0.15) is 6.54 Å². The summed E-state index contributed by atoms with van der Waals surface area (Å²) in [6.07, 6.45) is 7.80. The van der Waals surface area contributed by atoms with Crippen LogP contribution in [0.2, 0.25) is 0 Å². The van der Waals surface area contributed by atoms with Crippen molar-refractivity contribution in [2.75, 3.05) is 13.1 Å². The third-order valence-corrected chi connectivity index (χ3v) is 4.12. The van der Waals surface area contributed by atoms with Crippen LogP contribution in [-0.2, 0) is 24.2 Å². The highest BCUT2D eigenvalue weighted by molar-refractivity contribution is 5.76. The standard InChI is InChI=1S/C14H21N3O/c1-11-4-5-13-12(8-11)9-17(15-13)10-14(18)16-6-2-3-7-16/h9,11H,2-8,10H2,1H3. The molecule has 1 amide bonds. The van der Waals surface area contributed by atoms with Crippen LogP contribution in [0.4, 0.5) is 0 Å². The van der Waals surface area contributed by atoms with Crippen molar-refractivity contribution in [3.63, 3.8) is 0 Å². The maximum atomic E-state index is 12.1. The Morgan fingerprint density at radius 1 is 1.44 bits per heavy atom. The van der Waals surface area contributed by atoms with Crippen molar-refractivity contribution in [2.45, 2.75) is 45.6 Å². The maximum absolute atomic E-state index is 12.1. The molecule has 4 nitrogen and oxygen atoms in total. The summed E-state index contributed by atoms with van der Waals surface area (Å²) >= 11 is 0. The minimum absolute atomic E-state index is 0.223. The summed E-state index contributed by atoms with van der Waals surface area (Å²) in [5.41, 5.74) is 2.56. The van der Waals surface area contributed by atoms with Gasteiger partial charge in [0.05, 0.1) is 5.69 Å². The molecule has 2 heterocycles. The number of aromatic nitrogens is 2. The van der Waals surface area contributed by atoms with Crippen molar-refractivity contribution in [3.8, 4) is 0 Å². The number of carbonyl (C=O) groups excluding carboxylic acids is 1. The Hall–Kier alpha value is -1.32. The third-order valence-electron chi connectivity index (χ3n) is 4.12. The lowest BCUT2D eigenvalue weighted by molar-refractivity contribution is -0.130. The molecule has 0 N–H and O–H groups in total. The molecule has 0 bridgehead atoms. The van der Waals surface area contributed by atoms with Crippen molar-refractivity contribution in [3.05, 3.63) is 17.5 Å². The Bertz CT molecular complexity index is 446. The Morgan fingerprint density at radius 3 is 3.00 bits per heavy atom. The van der Waals surface area contributed by atoms with E-state index in [1.807, 2.05) is 9.58 Å². The highest BCUT2D eigenvalue weighted by Crippen LogP contribution is 2.24. The molecule has 2 aliphatic rings. The van der Waals surface area contributed by atoms with Gasteiger partial charge in [0.25, 0.3) is 0 Å². The van der Waals surface area contributed by atoms with E-state index in [1.165, 1.54) is 17.7 Å². The number of fused-ring (bicyclic) bond motifs is 1.